The summed E-state index contributed by atoms with van der Waals surface area (Å²) >= 11 is 1.90. The summed E-state index contributed by atoms with van der Waals surface area (Å²) in [6, 6.07) is 9.90. The molecule has 1 heterocycles. The highest BCUT2D eigenvalue weighted by Gasteiger charge is 2.17. The lowest BCUT2D eigenvalue weighted by Gasteiger charge is -2.19. The molecule has 0 bridgehead atoms. The van der Waals surface area contributed by atoms with Gasteiger partial charge in [-0.1, -0.05) is 32.0 Å². The maximum atomic E-state index is 3.69. The number of rotatable bonds is 6. The molecule has 0 aliphatic heterocycles. The molecule has 0 radical (unpaired) electrons. The van der Waals surface area contributed by atoms with Crippen LogP contribution in [0.25, 0.3) is 0 Å². The lowest BCUT2D eigenvalue weighted by molar-refractivity contribution is 0.554. The summed E-state index contributed by atoms with van der Waals surface area (Å²) in [5.74, 6) is 0. The molecule has 112 valence electrons. The molecule has 1 aliphatic carbocycles. The van der Waals surface area contributed by atoms with Gasteiger partial charge in [0.2, 0.25) is 0 Å². The van der Waals surface area contributed by atoms with Gasteiger partial charge in [0.15, 0.2) is 0 Å². The molecule has 0 fully saturated rings. The van der Waals surface area contributed by atoms with Crippen LogP contribution in [0.4, 0.5) is 0 Å². The summed E-state index contributed by atoms with van der Waals surface area (Å²) in [7, 11) is 0. The highest BCUT2D eigenvalue weighted by atomic mass is 32.1. The fraction of sp³-hybridized carbons (Fsp3) is 0.474. The van der Waals surface area contributed by atoms with Gasteiger partial charge in [0, 0.05) is 10.9 Å². The van der Waals surface area contributed by atoms with Crippen LogP contribution >= 0.6 is 11.3 Å². The zero-order valence-corrected chi connectivity index (χ0v) is 13.9. The molecule has 1 aromatic heterocycles. The first kappa shape index (κ1) is 14.8. The minimum absolute atomic E-state index is 0.462. The minimum atomic E-state index is 0.462. The summed E-state index contributed by atoms with van der Waals surface area (Å²) in [5, 5.41) is 5.92. The van der Waals surface area contributed by atoms with Crippen molar-refractivity contribution >= 4 is 11.3 Å². The number of hydrogen-bond donors (Lipinski definition) is 1. The Morgan fingerprint density at radius 3 is 2.81 bits per heavy atom. The van der Waals surface area contributed by atoms with E-state index in [9.17, 15) is 0 Å². The Kier molecular flexibility index (Phi) is 4.77. The molecule has 21 heavy (non-hydrogen) atoms. The quantitative estimate of drug-likeness (QED) is 0.816. The van der Waals surface area contributed by atoms with Crippen LogP contribution < -0.4 is 5.32 Å². The monoisotopic (exact) mass is 299 g/mol. The van der Waals surface area contributed by atoms with Gasteiger partial charge in [0.1, 0.15) is 0 Å². The summed E-state index contributed by atoms with van der Waals surface area (Å²) in [6.07, 6.45) is 6.12. The Hall–Kier alpha value is -1.12. The van der Waals surface area contributed by atoms with Crippen LogP contribution in [0.15, 0.2) is 29.6 Å². The number of fused-ring (bicyclic) bond motifs is 1. The van der Waals surface area contributed by atoms with Crippen LogP contribution in [0.1, 0.15) is 53.4 Å². The number of aryl methyl sites for hydroxylation is 3. The molecule has 1 nitrogen and oxygen atoms in total. The van der Waals surface area contributed by atoms with E-state index in [0.29, 0.717) is 6.04 Å². The van der Waals surface area contributed by atoms with E-state index >= 15 is 0 Å². The Labute approximate surface area is 132 Å². The van der Waals surface area contributed by atoms with E-state index in [-0.39, 0.29) is 0 Å². The molecule has 0 amide bonds. The van der Waals surface area contributed by atoms with Crippen molar-refractivity contribution in [1.29, 1.82) is 0 Å². The third kappa shape index (κ3) is 3.22. The van der Waals surface area contributed by atoms with Gasteiger partial charge in [-0.25, -0.2) is 0 Å². The van der Waals surface area contributed by atoms with E-state index in [4.69, 9.17) is 0 Å². The van der Waals surface area contributed by atoms with Crippen LogP contribution in [0.3, 0.4) is 0 Å². The summed E-state index contributed by atoms with van der Waals surface area (Å²) in [5.41, 5.74) is 6.15. The Morgan fingerprint density at radius 2 is 2.00 bits per heavy atom. The molecule has 3 rings (SSSR count). The lowest BCUT2D eigenvalue weighted by Crippen LogP contribution is -2.23. The third-order valence-corrected chi connectivity index (χ3v) is 5.60. The van der Waals surface area contributed by atoms with Gasteiger partial charge in [-0.05, 0) is 72.3 Å². The van der Waals surface area contributed by atoms with Crippen molar-refractivity contribution in [3.8, 4) is 0 Å². The van der Waals surface area contributed by atoms with E-state index in [0.717, 1.165) is 19.4 Å². The molecule has 1 atom stereocenters. The second-order valence-electron chi connectivity index (χ2n) is 5.93. The highest BCUT2D eigenvalue weighted by Crippen LogP contribution is 2.29. The predicted octanol–water partition coefficient (Wildman–Crippen LogP) is 4.69. The van der Waals surface area contributed by atoms with Gasteiger partial charge < -0.3 is 5.32 Å². The van der Waals surface area contributed by atoms with Crippen LogP contribution in [0, 0.1) is 0 Å². The molecule has 0 saturated heterocycles. The third-order valence-electron chi connectivity index (χ3n) is 4.53. The molecule has 1 aliphatic rings. The molecule has 0 saturated carbocycles. The SMILES string of the molecule is CCNC(Cc1ccc2c(c1)CCC2)c1sccc1CC. The topological polar surface area (TPSA) is 12.0 Å². The lowest BCUT2D eigenvalue weighted by atomic mass is 9.98. The van der Waals surface area contributed by atoms with E-state index in [2.05, 4.69) is 48.8 Å². The number of thiophene rings is 1. The van der Waals surface area contributed by atoms with Crippen molar-refractivity contribution in [3.63, 3.8) is 0 Å². The van der Waals surface area contributed by atoms with E-state index in [1.165, 1.54) is 35.3 Å². The summed E-state index contributed by atoms with van der Waals surface area (Å²) < 4.78 is 0. The predicted molar refractivity (Wildman–Crippen MR) is 92.3 cm³/mol. The van der Waals surface area contributed by atoms with Gasteiger partial charge in [-0.15, -0.1) is 11.3 Å². The maximum Gasteiger partial charge on any atom is 0.0458 e. The van der Waals surface area contributed by atoms with E-state index in [1.807, 2.05) is 11.3 Å². The zero-order chi connectivity index (χ0) is 14.7. The maximum absolute atomic E-state index is 3.69. The van der Waals surface area contributed by atoms with Crippen molar-refractivity contribution in [2.24, 2.45) is 0 Å². The molecule has 1 unspecified atom stereocenters. The van der Waals surface area contributed by atoms with Crippen molar-refractivity contribution in [2.75, 3.05) is 6.54 Å². The van der Waals surface area contributed by atoms with Gasteiger partial charge in [0.05, 0.1) is 0 Å². The average molecular weight is 299 g/mol. The number of hydrogen-bond acceptors (Lipinski definition) is 2. The first-order valence-electron chi connectivity index (χ1n) is 8.22. The van der Waals surface area contributed by atoms with Gasteiger partial charge >= 0.3 is 0 Å². The first-order chi connectivity index (χ1) is 10.3. The second-order valence-corrected chi connectivity index (χ2v) is 6.88. The molecular weight excluding hydrogens is 274 g/mol. The van der Waals surface area contributed by atoms with Crippen molar-refractivity contribution < 1.29 is 0 Å². The summed E-state index contributed by atoms with van der Waals surface area (Å²) in [4.78, 5) is 1.53. The summed E-state index contributed by atoms with van der Waals surface area (Å²) in [6.45, 7) is 5.48. The van der Waals surface area contributed by atoms with Crippen LogP contribution in [0.5, 0.6) is 0 Å². The van der Waals surface area contributed by atoms with Crippen molar-refractivity contribution in [1.82, 2.24) is 5.32 Å². The fourth-order valence-electron chi connectivity index (χ4n) is 3.44. The van der Waals surface area contributed by atoms with Crippen LogP contribution in [-0.2, 0) is 25.7 Å². The molecule has 2 aromatic rings. The largest absolute Gasteiger partial charge is 0.309 e. The average Bonchev–Trinajstić information content (AvgIpc) is 3.14. The Bertz CT molecular complexity index is 599. The highest BCUT2D eigenvalue weighted by molar-refractivity contribution is 7.10. The van der Waals surface area contributed by atoms with E-state index in [1.54, 1.807) is 11.1 Å². The second kappa shape index (κ2) is 6.76. The minimum Gasteiger partial charge on any atom is -0.309 e. The normalized spacial score (nSPS) is 15.1. The molecular formula is C19H25NS. The van der Waals surface area contributed by atoms with Crippen LogP contribution in [-0.4, -0.2) is 6.54 Å². The number of benzene rings is 1. The Balaban J connectivity index is 1.82. The van der Waals surface area contributed by atoms with Crippen LogP contribution in [0.2, 0.25) is 0 Å². The number of nitrogens with one attached hydrogen (secondary N) is 1. The van der Waals surface area contributed by atoms with Gasteiger partial charge in [-0.3, -0.25) is 0 Å². The smallest absolute Gasteiger partial charge is 0.0458 e. The van der Waals surface area contributed by atoms with Gasteiger partial charge in [-0.2, -0.15) is 0 Å². The fourth-order valence-corrected chi connectivity index (χ4v) is 4.51. The standard InChI is InChI=1S/C19H25NS/c1-3-15-10-11-21-19(15)18(20-4-2)13-14-8-9-16-6-5-7-17(16)12-14/h8-12,18,20H,3-7,13H2,1-2H3. The molecule has 1 aromatic carbocycles. The Morgan fingerprint density at radius 1 is 1.14 bits per heavy atom. The van der Waals surface area contributed by atoms with Gasteiger partial charge in [0.25, 0.3) is 0 Å². The number of likely N-dealkylation sites (N-methyl/N-ethyl adjacent to an activating group) is 1. The van der Waals surface area contributed by atoms with E-state index < -0.39 is 0 Å². The first-order valence-corrected chi connectivity index (χ1v) is 9.10. The molecule has 2 heteroatoms. The van der Waals surface area contributed by atoms with Crippen molar-refractivity contribution in [3.05, 3.63) is 56.8 Å². The molecule has 0 spiro atoms. The van der Waals surface area contributed by atoms with Crippen molar-refractivity contribution in [2.45, 2.75) is 52.0 Å². The molecule has 1 N–H and O–H groups in total. The zero-order valence-electron chi connectivity index (χ0n) is 13.1.